The maximum Gasteiger partial charge on any atom is 0.261 e. The van der Waals surface area contributed by atoms with Crippen LogP contribution < -0.4 is 15.4 Å². The Balaban J connectivity index is 2.28. The fourth-order valence-electron chi connectivity index (χ4n) is 2.30. The second-order valence-electron chi connectivity index (χ2n) is 5.76. The van der Waals surface area contributed by atoms with Crippen molar-refractivity contribution in [3.63, 3.8) is 0 Å². The molecule has 134 valence electrons. The van der Waals surface area contributed by atoms with E-state index in [4.69, 9.17) is 0 Å². The number of likely N-dealkylation sites (N-methyl/N-ethyl adjacent to an activating group) is 1. The van der Waals surface area contributed by atoms with Crippen molar-refractivity contribution in [3.05, 3.63) is 59.2 Å². The molecule has 7 heteroatoms. The topological polar surface area (TPSA) is 87.3 Å². The molecule has 0 radical (unpaired) electrons. The summed E-state index contributed by atoms with van der Waals surface area (Å²) in [7, 11) is -1.98. The Morgan fingerprint density at radius 3 is 2.40 bits per heavy atom. The highest BCUT2D eigenvalue weighted by Gasteiger charge is 2.18. The van der Waals surface area contributed by atoms with E-state index in [1.165, 1.54) is 12.1 Å². The average molecular weight is 361 g/mol. The Morgan fingerprint density at radius 1 is 1.00 bits per heavy atom. The van der Waals surface area contributed by atoms with Crippen molar-refractivity contribution in [1.82, 2.24) is 10.6 Å². The summed E-state index contributed by atoms with van der Waals surface area (Å²) in [6.07, 6.45) is 0. The maximum atomic E-state index is 12.6. The van der Waals surface area contributed by atoms with Crippen molar-refractivity contribution < 1.29 is 13.2 Å². The van der Waals surface area contributed by atoms with Crippen LogP contribution in [0.15, 0.2) is 47.4 Å². The van der Waals surface area contributed by atoms with Gasteiger partial charge in [-0.1, -0.05) is 24.3 Å². The lowest BCUT2D eigenvalue weighted by atomic mass is 10.1. The van der Waals surface area contributed by atoms with Crippen molar-refractivity contribution >= 4 is 21.6 Å². The molecule has 0 atom stereocenters. The summed E-state index contributed by atoms with van der Waals surface area (Å²) in [6, 6.07) is 11.7. The van der Waals surface area contributed by atoms with Crippen LogP contribution >= 0.6 is 0 Å². The third kappa shape index (κ3) is 4.80. The van der Waals surface area contributed by atoms with Crippen LogP contribution in [0.1, 0.15) is 21.5 Å². The molecule has 3 N–H and O–H groups in total. The number of benzene rings is 2. The molecule has 0 saturated carbocycles. The molecule has 0 aliphatic carbocycles. The molecule has 0 heterocycles. The van der Waals surface area contributed by atoms with Gasteiger partial charge in [-0.15, -0.1) is 0 Å². The van der Waals surface area contributed by atoms with Crippen LogP contribution in [0.5, 0.6) is 0 Å². The lowest BCUT2D eigenvalue weighted by Gasteiger charge is -2.13. The van der Waals surface area contributed by atoms with E-state index in [9.17, 15) is 13.2 Å². The van der Waals surface area contributed by atoms with E-state index in [0.29, 0.717) is 24.3 Å². The molecule has 0 aliphatic rings. The highest BCUT2D eigenvalue weighted by Crippen LogP contribution is 2.21. The van der Waals surface area contributed by atoms with Crippen LogP contribution in [0.3, 0.4) is 0 Å². The van der Waals surface area contributed by atoms with Crippen molar-refractivity contribution in [2.75, 3.05) is 24.9 Å². The van der Waals surface area contributed by atoms with Crippen LogP contribution in [-0.4, -0.2) is 34.5 Å². The summed E-state index contributed by atoms with van der Waals surface area (Å²) in [4.78, 5) is 12.3. The second-order valence-corrected chi connectivity index (χ2v) is 7.44. The molecule has 0 aromatic heterocycles. The van der Waals surface area contributed by atoms with Gasteiger partial charge in [-0.2, -0.15) is 0 Å². The van der Waals surface area contributed by atoms with E-state index >= 15 is 0 Å². The third-order valence-corrected chi connectivity index (χ3v) is 5.18. The van der Waals surface area contributed by atoms with Gasteiger partial charge in [0.1, 0.15) is 0 Å². The van der Waals surface area contributed by atoms with Crippen LogP contribution in [0.4, 0.5) is 5.69 Å². The van der Waals surface area contributed by atoms with Crippen molar-refractivity contribution in [2.45, 2.75) is 18.7 Å². The highest BCUT2D eigenvalue weighted by molar-refractivity contribution is 7.92. The molecule has 0 bridgehead atoms. The molecule has 0 saturated heterocycles. The first-order valence-electron chi connectivity index (χ1n) is 7.97. The summed E-state index contributed by atoms with van der Waals surface area (Å²) in [5.41, 5.74) is 2.41. The smallest absolute Gasteiger partial charge is 0.261 e. The fourth-order valence-corrected chi connectivity index (χ4v) is 3.46. The molecule has 0 aliphatic heterocycles. The van der Waals surface area contributed by atoms with E-state index in [1.54, 1.807) is 32.2 Å². The molecule has 25 heavy (non-hydrogen) atoms. The number of aryl methyl sites for hydroxylation is 2. The summed E-state index contributed by atoms with van der Waals surface area (Å²) >= 11 is 0. The van der Waals surface area contributed by atoms with Gasteiger partial charge in [0, 0.05) is 18.7 Å². The normalized spacial score (nSPS) is 11.2. The van der Waals surface area contributed by atoms with Gasteiger partial charge in [0.2, 0.25) is 0 Å². The van der Waals surface area contributed by atoms with Gasteiger partial charge in [0.05, 0.1) is 10.6 Å². The van der Waals surface area contributed by atoms with Crippen LogP contribution in [-0.2, 0) is 10.0 Å². The third-order valence-electron chi connectivity index (χ3n) is 3.81. The number of anilines is 1. The Morgan fingerprint density at radius 2 is 1.72 bits per heavy atom. The molecule has 0 spiro atoms. The van der Waals surface area contributed by atoms with Crippen molar-refractivity contribution in [2.24, 2.45) is 0 Å². The van der Waals surface area contributed by atoms with E-state index < -0.39 is 10.0 Å². The predicted molar refractivity (Wildman–Crippen MR) is 99.4 cm³/mol. The Labute approximate surface area is 148 Å². The molecular formula is C18H23N3O3S. The number of hydrogen-bond acceptors (Lipinski definition) is 4. The maximum absolute atomic E-state index is 12.6. The highest BCUT2D eigenvalue weighted by atomic mass is 32.2. The molecule has 0 unspecified atom stereocenters. The lowest BCUT2D eigenvalue weighted by Crippen LogP contribution is -2.31. The van der Waals surface area contributed by atoms with E-state index in [1.807, 2.05) is 19.1 Å². The minimum Gasteiger partial charge on any atom is -0.351 e. The standard InChI is InChI=1S/C18H23N3O3S/c1-13-8-9-15(12-16(13)18(22)20-11-10-19-3)25(23,24)21-17-7-5-4-6-14(17)2/h4-9,12,19,21H,10-11H2,1-3H3,(H,20,22). The first-order chi connectivity index (χ1) is 11.8. The zero-order valence-electron chi connectivity index (χ0n) is 14.6. The molecule has 2 rings (SSSR count). The van der Waals surface area contributed by atoms with Crippen molar-refractivity contribution in [1.29, 1.82) is 0 Å². The van der Waals surface area contributed by atoms with Crippen LogP contribution in [0.2, 0.25) is 0 Å². The quantitative estimate of drug-likeness (QED) is 0.659. The van der Waals surface area contributed by atoms with E-state index in [2.05, 4.69) is 15.4 Å². The summed E-state index contributed by atoms with van der Waals surface area (Å²) in [6.45, 7) is 4.70. The minimum atomic E-state index is -3.78. The zero-order valence-corrected chi connectivity index (χ0v) is 15.4. The van der Waals surface area contributed by atoms with Gasteiger partial charge >= 0.3 is 0 Å². The van der Waals surface area contributed by atoms with Gasteiger partial charge in [-0.3, -0.25) is 9.52 Å². The fraction of sp³-hybridized carbons (Fsp3) is 0.278. The molecular weight excluding hydrogens is 338 g/mol. The van der Waals surface area contributed by atoms with Crippen LogP contribution in [0, 0.1) is 13.8 Å². The molecule has 2 aromatic rings. The average Bonchev–Trinajstić information content (AvgIpc) is 2.57. The molecule has 6 nitrogen and oxygen atoms in total. The second kappa shape index (κ2) is 8.13. The van der Waals surface area contributed by atoms with E-state index in [-0.39, 0.29) is 10.8 Å². The first kappa shape index (κ1) is 19.0. The first-order valence-corrected chi connectivity index (χ1v) is 9.45. The van der Waals surface area contributed by atoms with Gasteiger partial charge in [0.15, 0.2) is 0 Å². The number of hydrogen-bond donors (Lipinski definition) is 3. The number of rotatable bonds is 7. The Hall–Kier alpha value is -2.38. The largest absolute Gasteiger partial charge is 0.351 e. The molecule has 1 amide bonds. The number of para-hydroxylation sites is 1. The summed E-state index contributed by atoms with van der Waals surface area (Å²) in [5, 5.41) is 5.70. The zero-order chi connectivity index (χ0) is 18.4. The predicted octanol–water partition coefficient (Wildman–Crippen LogP) is 2.05. The number of sulfonamides is 1. The minimum absolute atomic E-state index is 0.0557. The Kier molecular flexibility index (Phi) is 6.17. The monoisotopic (exact) mass is 361 g/mol. The van der Waals surface area contributed by atoms with Crippen molar-refractivity contribution in [3.8, 4) is 0 Å². The molecule has 0 fully saturated rings. The lowest BCUT2D eigenvalue weighted by molar-refractivity contribution is 0.0953. The summed E-state index contributed by atoms with van der Waals surface area (Å²) in [5.74, 6) is -0.291. The van der Waals surface area contributed by atoms with Gasteiger partial charge < -0.3 is 10.6 Å². The van der Waals surface area contributed by atoms with Gasteiger partial charge in [0.25, 0.3) is 15.9 Å². The number of nitrogens with one attached hydrogen (secondary N) is 3. The van der Waals surface area contributed by atoms with E-state index in [0.717, 1.165) is 11.1 Å². The SMILES string of the molecule is CNCCNC(=O)c1cc(S(=O)(=O)Nc2ccccc2C)ccc1C. The number of carbonyl (C=O) groups excluding carboxylic acids is 1. The number of carbonyl (C=O) groups is 1. The summed E-state index contributed by atoms with van der Waals surface area (Å²) < 4.78 is 27.9. The van der Waals surface area contributed by atoms with Gasteiger partial charge in [-0.25, -0.2) is 8.42 Å². The molecule has 2 aromatic carbocycles. The Bertz CT molecular complexity index is 864. The number of amides is 1. The van der Waals surface area contributed by atoms with Gasteiger partial charge in [-0.05, 0) is 50.2 Å². The van der Waals surface area contributed by atoms with Crippen LogP contribution in [0.25, 0.3) is 0 Å².